The third-order valence-electron chi connectivity index (χ3n) is 2.05. The highest BCUT2D eigenvalue weighted by Crippen LogP contribution is 2.11. The zero-order chi connectivity index (χ0) is 9.68. The quantitative estimate of drug-likeness (QED) is 0.799. The first-order valence-corrected chi connectivity index (χ1v) is 4.57. The van der Waals surface area contributed by atoms with Gasteiger partial charge in [0, 0.05) is 0 Å². The summed E-state index contributed by atoms with van der Waals surface area (Å²) in [5.74, 6) is -0.827. The Morgan fingerprint density at radius 2 is 2.00 bits per heavy atom. The molecule has 0 aliphatic rings. The fraction of sp³-hybridized carbons (Fsp3) is 0.364. The third-order valence-corrected chi connectivity index (χ3v) is 2.05. The van der Waals surface area contributed by atoms with E-state index < -0.39 is 5.97 Å². The van der Waals surface area contributed by atoms with Crippen molar-refractivity contribution in [3.63, 3.8) is 0 Å². The fourth-order valence-corrected chi connectivity index (χ4v) is 1.31. The van der Waals surface area contributed by atoms with Crippen LogP contribution in [0.4, 0.5) is 0 Å². The van der Waals surface area contributed by atoms with Crippen LogP contribution in [0, 0.1) is 0 Å². The smallest absolute Gasteiger partial charge is 0.335 e. The minimum Gasteiger partial charge on any atom is -0.478 e. The summed E-state index contributed by atoms with van der Waals surface area (Å²) in [6.45, 7) is 2.10. The summed E-state index contributed by atoms with van der Waals surface area (Å²) in [4.78, 5) is 10.8. The molecule has 0 atom stereocenters. The number of aryl methyl sites for hydroxylation is 1. The molecule has 14 heavy (non-hydrogen) atoms. The molecule has 78 valence electrons. The SMILES string of the molecule is CCCCc1ccccc1C(=O)O.O. The van der Waals surface area contributed by atoms with Crippen LogP contribution < -0.4 is 0 Å². The van der Waals surface area contributed by atoms with Crippen molar-refractivity contribution in [2.24, 2.45) is 0 Å². The highest BCUT2D eigenvalue weighted by atomic mass is 16.4. The molecule has 0 amide bonds. The molecular formula is C11H16O3. The average Bonchev–Trinajstić information content (AvgIpc) is 2.15. The molecule has 3 nitrogen and oxygen atoms in total. The van der Waals surface area contributed by atoms with Crippen LogP contribution >= 0.6 is 0 Å². The van der Waals surface area contributed by atoms with Crippen molar-refractivity contribution in [3.05, 3.63) is 35.4 Å². The van der Waals surface area contributed by atoms with Gasteiger partial charge in [0.05, 0.1) is 5.56 Å². The van der Waals surface area contributed by atoms with E-state index in [9.17, 15) is 4.79 Å². The van der Waals surface area contributed by atoms with Crippen molar-refractivity contribution in [2.75, 3.05) is 0 Å². The molecule has 0 spiro atoms. The second-order valence-electron chi connectivity index (χ2n) is 3.07. The summed E-state index contributed by atoms with van der Waals surface area (Å²) in [7, 11) is 0. The van der Waals surface area contributed by atoms with E-state index in [-0.39, 0.29) is 5.48 Å². The monoisotopic (exact) mass is 196 g/mol. The summed E-state index contributed by atoms with van der Waals surface area (Å²) >= 11 is 0. The van der Waals surface area contributed by atoms with E-state index in [0.29, 0.717) is 5.56 Å². The summed E-state index contributed by atoms with van der Waals surface area (Å²) in [6, 6.07) is 7.20. The van der Waals surface area contributed by atoms with Gasteiger partial charge in [-0.05, 0) is 24.5 Å². The van der Waals surface area contributed by atoms with Crippen molar-refractivity contribution < 1.29 is 15.4 Å². The summed E-state index contributed by atoms with van der Waals surface area (Å²) in [5, 5.41) is 8.86. The fourth-order valence-electron chi connectivity index (χ4n) is 1.31. The Bertz CT molecular complexity index is 294. The van der Waals surface area contributed by atoms with Gasteiger partial charge in [-0.2, -0.15) is 0 Å². The molecule has 1 rings (SSSR count). The van der Waals surface area contributed by atoms with Gasteiger partial charge < -0.3 is 10.6 Å². The first-order valence-electron chi connectivity index (χ1n) is 4.57. The normalized spacial score (nSPS) is 9.21. The number of unbranched alkanes of at least 4 members (excludes halogenated alkanes) is 1. The number of carboxylic acid groups (broad SMARTS) is 1. The third kappa shape index (κ3) is 3.18. The maximum absolute atomic E-state index is 10.8. The maximum Gasteiger partial charge on any atom is 0.335 e. The number of hydrogen-bond donors (Lipinski definition) is 1. The van der Waals surface area contributed by atoms with E-state index in [0.717, 1.165) is 24.8 Å². The van der Waals surface area contributed by atoms with Gasteiger partial charge >= 0.3 is 5.97 Å². The van der Waals surface area contributed by atoms with Crippen LogP contribution in [0.2, 0.25) is 0 Å². The lowest BCUT2D eigenvalue weighted by Crippen LogP contribution is -2.01. The van der Waals surface area contributed by atoms with Crippen LogP contribution in [0.1, 0.15) is 35.7 Å². The van der Waals surface area contributed by atoms with E-state index in [4.69, 9.17) is 5.11 Å². The Morgan fingerprint density at radius 1 is 1.36 bits per heavy atom. The molecule has 0 aliphatic carbocycles. The predicted octanol–water partition coefficient (Wildman–Crippen LogP) is 1.90. The van der Waals surface area contributed by atoms with Gasteiger partial charge in [-0.3, -0.25) is 0 Å². The standard InChI is InChI=1S/C11H14O2.H2O/c1-2-3-6-9-7-4-5-8-10(9)11(12)13;/h4-5,7-8H,2-3,6H2,1H3,(H,12,13);1H2. The van der Waals surface area contributed by atoms with Gasteiger partial charge in [0.1, 0.15) is 0 Å². The number of carboxylic acids is 1. The van der Waals surface area contributed by atoms with Crippen LogP contribution in [0.5, 0.6) is 0 Å². The van der Waals surface area contributed by atoms with Crippen molar-refractivity contribution >= 4 is 5.97 Å². The average molecular weight is 196 g/mol. The minimum atomic E-state index is -0.827. The van der Waals surface area contributed by atoms with E-state index >= 15 is 0 Å². The van der Waals surface area contributed by atoms with Crippen LogP contribution in [0.15, 0.2) is 24.3 Å². The van der Waals surface area contributed by atoms with E-state index in [2.05, 4.69) is 6.92 Å². The molecule has 0 saturated carbocycles. The zero-order valence-corrected chi connectivity index (χ0v) is 8.29. The molecule has 0 saturated heterocycles. The highest BCUT2D eigenvalue weighted by Gasteiger charge is 2.07. The van der Waals surface area contributed by atoms with Crippen LogP contribution in [0.3, 0.4) is 0 Å². The Labute approximate surface area is 83.7 Å². The van der Waals surface area contributed by atoms with Gasteiger partial charge in [-0.25, -0.2) is 4.79 Å². The molecule has 3 N–H and O–H groups in total. The maximum atomic E-state index is 10.8. The summed E-state index contributed by atoms with van der Waals surface area (Å²) in [6.07, 6.45) is 3.00. The van der Waals surface area contributed by atoms with Crippen LogP contribution in [0.25, 0.3) is 0 Å². The Hall–Kier alpha value is -1.35. The number of carbonyl (C=O) groups is 1. The van der Waals surface area contributed by atoms with E-state index in [1.54, 1.807) is 12.1 Å². The topological polar surface area (TPSA) is 68.8 Å². The molecule has 0 unspecified atom stereocenters. The molecule has 0 fully saturated rings. The molecule has 0 heterocycles. The first kappa shape index (κ1) is 12.7. The number of benzene rings is 1. The van der Waals surface area contributed by atoms with Crippen molar-refractivity contribution in [3.8, 4) is 0 Å². The molecular weight excluding hydrogens is 180 g/mol. The zero-order valence-electron chi connectivity index (χ0n) is 8.29. The number of aromatic carboxylic acids is 1. The lowest BCUT2D eigenvalue weighted by molar-refractivity contribution is 0.0695. The van der Waals surface area contributed by atoms with E-state index in [1.807, 2.05) is 12.1 Å². The molecule has 0 radical (unpaired) electrons. The van der Waals surface area contributed by atoms with Crippen LogP contribution in [-0.2, 0) is 6.42 Å². The largest absolute Gasteiger partial charge is 0.478 e. The van der Waals surface area contributed by atoms with Gasteiger partial charge in [-0.15, -0.1) is 0 Å². The number of hydrogen-bond acceptors (Lipinski definition) is 1. The molecule has 1 aromatic rings. The Kier molecular flexibility index (Phi) is 5.56. The van der Waals surface area contributed by atoms with Gasteiger partial charge in [0.2, 0.25) is 0 Å². The second-order valence-corrected chi connectivity index (χ2v) is 3.07. The van der Waals surface area contributed by atoms with Gasteiger partial charge in [0.15, 0.2) is 0 Å². The Morgan fingerprint density at radius 3 is 2.57 bits per heavy atom. The highest BCUT2D eigenvalue weighted by molar-refractivity contribution is 5.89. The summed E-state index contributed by atoms with van der Waals surface area (Å²) < 4.78 is 0. The molecule has 0 bridgehead atoms. The lowest BCUT2D eigenvalue weighted by Gasteiger charge is -2.03. The number of rotatable bonds is 4. The molecule has 1 aromatic carbocycles. The van der Waals surface area contributed by atoms with E-state index in [1.165, 1.54) is 0 Å². The van der Waals surface area contributed by atoms with Crippen LogP contribution in [-0.4, -0.2) is 16.6 Å². The predicted molar refractivity (Wildman–Crippen MR) is 55.6 cm³/mol. The van der Waals surface area contributed by atoms with Crippen molar-refractivity contribution in [2.45, 2.75) is 26.2 Å². The lowest BCUT2D eigenvalue weighted by atomic mass is 10.0. The Balaban J connectivity index is 0.00000169. The molecule has 0 aromatic heterocycles. The molecule has 0 aliphatic heterocycles. The van der Waals surface area contributed by atoms with Crippen molar-refractivity contribution in [1.82, 2.24) is 0 Å². The first-order chi connectivity index (χ1) is 6.25. The second kappa shape index (κ2) is 6.16. The van der Waals surface area contributed by atoms with Gasteiger partial charge in [0.25, 0.3) is 0 Å². The van der Waals surface area contributed by atoms with Gasteiger partial charge in [-0.1, -0.05) is 31.5 Å². The van der Waals surface area contributed by atoms with Crippen molar-refractivity contribution in [1.29, 1.82) is 0 Å². The molecule has 3 heteroatoms. The minimum absolute atomic E-state index is 0. The summed E-state index contributed by atoms with van der Waals surface area (Å²) in [5.41, 5.74) is 1.38.